The molecule has 0 radical (unpaired) electrons. The second kappa shape index (κ2) is 5.24. The van der Waals surface area contributed by atoms with Crippen molar-refractivity contribution < 1.29 is 4.39 Å². The maximum absolute atomic E-state index is 13.8. The molecule has 0 bridgehead atoms. The maximum Gasteiger partial charge on any atom is 0.129 e. The Labute approximate surface area is 116 Å². The van der Waals surface area contributed by atoms with Crippen molar-refractivity contribution in [1.82, 2.24) is 5.32 Å². The molecule has 0 heterocycles. The van der Waals surface area contributed by atoms with Crippen molar-refractivity contribution in [3.8, 4) is 0 Å². The normalized spacial score (nSPS) is 30.2. The Kier molecular flexibility index (Phi) is 4.00. The monoisotopic (exact) mass is 263 g/mol. The highest BCUT2D eigenvalue weighted by Gasteiger charge is 2.50. The first-order chi connectivity index (χ1) is 8.93. The van der Waals surface area contributed by atoms with Crippen molar-refractivity contribution in [2.45, 2.75) is 59.4 Å². The molecule has 3 unspecified atom stereocenters. The molecule has 1 aliphatic rings. The van der Waals surface area contributed by atoms with Crippen LogP contribution in [0.4, 0.5) is 4.39 Å². The third kappa shape index (κ3) is 2.31. The molecular formula is C17H26FN. The summed E-state index contributed by atoms with van der Waals surface area (Å²) in [5, 5.41) is 3.59. The van der Waals surface area contributed by atoms with Crippen molar-refractivity contribution in [3.63, 3.8) is 0 Å². The first-order valence-electron chi connectivity index (χ1n) is 7.44. The lowest BCUT2D eigenvalue weighted by Crippen LogP contribution is -2.56. The molecule has 1 saturated carbocycles. The van der Waals surface area contributed by atoms with E-state index in [0.717, 1.165) is 24.1 Å². The van der Waals surface area contributed by atoms with Crippen LogP contribution in [0.3, 0.4) is 0 Å². The fourth-order valence-corrected chi connectivity index (χ4v) is 3.61. The Hall–Kier alpha value is -0.890. The Morgan fingerprint density at radius 2 is 1.84 bits per heavy atom. The zero-order valence-corrected chi connectivity index (χ0v) is 12.8. The summed E-state index contributed by atoms with van der Waals surface area (Å²) in [5.74, 6) is 0.504. The lowest BCUT2D eigenvalue weighted by molar-refractivity contribution is 0.0454. The van der Waals surface area contributed by atoms with Crippen molar-refractivity contribution in [2.75, 3.05) is 6.54 Å². The number of nitrogens with one attached hydrogen (secondary N) is 1. The summed E-state index contributed by atoms with van der Waals surface area (Å²) < 4.78 is 13.8. The molecule has 0 aromatic heterocycles. The molecule has 19 heavy (non-hydrogen) atoms. The van der Waals surface area contributed by atoms with Crippen molar-refractivity contribution in [1.29, 1.82) is 0 Å². The lowest BCUT2D eigenvalue weighted by Gasteiger charge is -2.55. The fraction of sp³-hybridized carbons (Fsp3) is 0.647. The van der Waals surface area contributed by atoms with Gasteiger partial charge in [-0.05, 0) is 61.3 Å². The van der Waals surface area contributed by atoms with Gasteiger partial charge in [0, 0.05) is 6.04 Å². The van der Waals surface area contributed by atoms with Crippen molar-refractivity contribution in [2.24, 2.45) is 5.41 Å². The van der Waals surface area contributed by atoms with Crippen LogP contribution in [0.1, 0.15) is 56.2 Å². The molecule has 1 aliphatic carbocycles. The van der Waals surface area contributed by atoms with Crippen LogP contribution in [0.15, 0.2) is 12.1 Å². The summed E-state index contributed by atoms with van der Waals surface area (Å²) >= 11 is 0. The molecule has 1 nitrogen and oxygen atoms in total. The van der Waals surface area contributed by atoms with Crippen LogP contribution in [-0.2, 0) is 0 Å². The van der Waals surface area contributed by atoms with Gasteiger partial charge in [-0.3, -0.25) is 0 Å². The molecule has 106 valence electrons. The predicted molar refractivity (Wildman–Crippen MR) is 79.1 cm³/mol. The second-order valence-corrected chi connectivity index (χ2v) is 6.23. The number of hydrogen-bond donors (Lipinski definition) is 1. The van der Waals surface area contributed by atoms with E-state index < -0.39 is 0 Å². The summed E-state index contributed by atoms with van der Waals surface area (Å²) in [5.41, 5.74) is 3.17. The van der Waals surface area contributed by atoms with Gasteiger partial charge < -0.3 is 5.32 Å². The molecule has 1 aromatic carbocycles. The number of aryl methyl sites for hydroxylation is 2. The quantitative estimate of drug-likeness (QED) is 0.853. The van der Waals surface area contributed by atoms with E-state index >= 15 is 0 Å². The first kappa shape index (κ1) is 14.5. The van der Waals surface area contributed by atoms with Gasteiger partial charge >= 0.3 is 0 Å². The van der Waals surface area contributed by atoms with Gasteiger partial charge in [0.1, 0.15) is 5.82 Å². The highest BCUT2D eigenvalue weighted by atomic mass is 19.1. The SMILES string of the molecule is CCNC1CC(c2cc(C)c(F)c(C)c2)C1(C)CC. The minimum Gasteiger partial charge on any atom is -0.314 e. The molecule has 1 N–H and O–H groups in total. The molecule has 3 atom stereocenters. The van der Waals surface area contributed by atoms with Crippen molar-refractivity contribution >= 4 is 0 Å². The molecule has 1 fully saturated rings. The number of rotatable bonds is 4. The summed E-state index contributed by atoms with van der Waals surface area (Å²) in [7, 11) is 0. The Morgan fingerprint density at radius 1 is 1.26 bits per heavy atom. The molecule has 1 aromatic rings. The third-order valence-electron chi connectivity index (χ3n) is 5.14. The minimum absolute atomic E-state index is 0.0514. The molecule has 0 spiro atoms. The topological polar surface area (TPSA) is 12.0 Å². The Balaban J connectivity index is 2.29. The minimum atomic E-state index is -0.0514. The van der Waals surface area contributed by atoms with Gasteiger partial charge in [-0.2, -0.15) is 0 Å². The summed E-state index contributed by atoms with van der Waals surface area (Å²) in [6, 6.07) is 4.68. The fourth-order valence-electron chi connectivity index (χ4n) is 3.61. The lowest BCUT2D eigenvalue weighted by atomic mass is 9.54. The number of benzene rings is 1. The standard InChI is InChI=1S/C17H26FN/c1-6-17(5)14(10-15(17)19-7-2)13-8-11(3)16(18)12(4)9-13/h8-9,14-15,19H,6-7,10H2,1-5H3. The third-order valence-corrected chi connectivity index (χ3v) is 5.14. The first-order valence-corrected chi connectivity index (χ1v) is 7.44. The largest absolute Gasteiger partial charge is 0.314 e. The summed E-state index contributed by atoms with van der Waals surface area (Å²) in [6.07, 6.45) is 2.33. The van der Waals surface area contributed by atoms with Gasteiger partial charge in [-0.1, -0.05) is 32.9 Å². The van der Waals surface area contributed by atoms with Crippen LogP contribution in [-0.4, -0.2) is 12.6 Å². The molecular weight excluding hydrogens is 237 g/mol. The van der Waals surface area contributed by atoms with Crippen LogP contribution >= 0.6 is 0 Å². The van der Waals surface area contributed by atoms with Crippen molar-refractivity contribution in [3.05, 3.63) is 34.6 Å². The van der Waals surface area contributed by atoms with Crippen LogP contribution in [0.2, 0.25) is 0 Å². The van der Waals surface area contributed by atoms with E-state index in [4.69, 9.17) is 0 Å². The van der Waals surface area contributed by atoms with E-state index in [0.29, 0.717) is 17.4 Å². The predicted octanol–water partition coefficient (Wildman–Crippen LogP) is 4.32. The molecule has 0 aliphatic heterocycles. The summed E-state index contributed by atoms with van der Waals surface area (Å²) in [4.78, 5) is 0. The van der Waals surface area contributed by atoms with E-state index in [-0.39, 0.29) is 5.82 Å². The highest BCUT2D eigenvalue weighted by Crippen LogP contribution is 2.55. The van der Waals surface area contributed by atoms with E-state index in [1.54, 1.807) is 0 Å². The van der Waals surface area contributed by atoms with Gasteiger partial charge in [-0.25, -0.2) is 4.39 Å². The average Bonchev–Trinajstić information content (AvgIpc) is 2.38. The van der Waals surface area contributed by atoms with Crippen LogP contribution < -0.4 is 5.32 Å². The Bertz CT molecular complexity index is 445. The maximum atomic E-state index is 13.8. The second-order valence-electron chi connectivity index (χ2n) is 6.23. The molecule has 2 rings (SSSR count). The van der Waals surface area contributed by atoms with E-state index in [1.807, 2.05) is 26.0 Å². The zero-order chi connectivity index (χ0) is 14.2. The van der Waals surface area contributed by atoms with E-state index in [2.05, 4.69) is 26.1 Å². The van der Waals surface area contributed by atoms with Gasteiger partial charge in [0.2, 0.25) is 0 Å². The number of hydrogen-bond acceptors (Lipinski definition) is 1. The molecule has 0 saturated heterocycles. The van der Waals surface area contributed by atoms with Gasteiger partial charge in [0.05, 0.1) is 0 Å². The highest BCUT2D eigenvalue weighted by molar-refractivity contribution is 5.36. The average molecular weight is 263 g/mol. The van der Waals surface area contributed by atoms with E-state index in [9.17, 15) is 4.39 Å². The van der Waals surface area contributed by atoms with Gasteiger partial charge in [0.25, 0.3) is 0 Å². The smallest absolute Gasteiger partial charge is 0.129 e. The van der Waals surface area contributed by atoms with Gasteiger partial charge in [-0.15, -0.1) is 0 Å². The molecule has 0 amide bonds. The van der Waals surface area contributed by atoms with Gasteiger partial charge in [0.15, 0.2) is 0 Å². The van der Waals surface area contributed by atoms with Crippen LogP contribution in [0, 0.1) is 25.1 Å². The van der Waals surface area contributed by atoms with Crippen LogP contribution in [0.5, 0.6) is 0 Å². The Morgan fingerprint density at radius 3 is 2.32 bits per heavy atom. The van der Waals surface area contributed by atoms with Crippen LogP contribution in [0.25, 0.3) is 0 Å². The summed E-state index contributed by atoms with van der Waals surface area (Å²) in [6.45, 7) is 11.6. The number of halogens is 1. The molecule has 2 heteroatoms. The zero-order valence-electron chi connectivity index (χ0n) is 12.8. The van der Waals surface area contributed by atoms with E-state index in [1.165, 1.54) is 12.0 Å².